The van der Waals surface area contributed by atoms with Crippen LogP contribution in [0.25, 0.3) is 11.3 Å². The van der Waals surface area contributed by atoms with Crippen molar-refractivity contribution in [2.45, 2.75) is 32.3 Å². The number of hydrogen-bond acceptors (Lipinski definition) is 6. The Hall–Kier alpha value is -2.04. The van der Waals surface area contributed by atoms with Crippen LogP contribution in [0.15, 0.2) is 12.3 Å². The number of hydrogen-bond donors (Lipinski definition) is 1. The highest BCUT2D eigenvalue weighted by Crippen LogP contribution is 2.36. The maximum absolute atomic E-state index is 13.4. The first-order valence-corrected chi connectivity index (χ1v) is 7.50. The minimum atomic E-state index is -4.62. The lowest BCUT2D eigenvalue weighted by atomic mass is 10.1. The summed E-state index contributed by atoms with van der Waals surface area (Å²) >= 11 is 0. The van der Waals surface area contributed by atoms with Crippen molar-refractivity contribution in [3.05, 3.63) is 29.2 Å². The van der Waals surface area contributed by atoms with E-state index in [1.807, 2.05) is 0 Å². The summed E-state index contributed by atoms with van der Waals surface area (Å²) in [4.78, 5) is 0. The molecule has 2 N–H and O–H groups in total. The van der Waals surface area contributed by atoms with Gasteiger partial charge in [0.25, 0.3) is 0 Å². The first kappa shape index (κ1) is 19.3. The molecule has 0 fully saturated rings. The SMILES string of the molecule is COCC(Cn1cc(-c2nnc(CN)cc2C)c(C(F)(F)F)n1)OC. The molecule has 0 aliphatic heterocycles. The van der Waals surface area contributed by atoms with E-state index in [2.05, 4.69) is 15.3 Å². The maximum Gasteiger partial charge on any atom is 0.435 e. The van der Waals surface area contributed by atoms with Gasteiger partial charge in [-0.15, -0.1) is 5.10 Å². The molecule has 0 aliphatic rings. The van der Waals surface area contributed by atoms with Crippen molar-refractivity contribution < 1.29 is 22.6 Å². The first-order chi connectivity index (χ1) is 11.8. The molecule has 0 radical (unpaired) electrons. The largest absolute Gasteiger partial charge is 0.435 e. The van der Waals surface area contributed by atoms with Crippen molar-refractivity contribution in [3.63, 3.8) is 0 Å². The van der Waals surface area contributed by atoms with E-state index in [0.29, 0.717) is 11.3 Å². The lowest BCUT2D eigenvalue weighted by Gasteiger charge is -2.13. The topological polar surface area (TPSA) is 88.1 Å². The number of ether oxygens (including phenoxy) is 2. The van der Waals surface area contributed by atoms with Gasteiger partial charge < -0.3 is 15.2 Å². The number of aryl methyl sites for hydroxylation is 1. The standard InChI is InChI=1S/C15H20F3N5O2/c1-9-4-10(5-19)20-21-13(9)12-7-23(6-11(25-3)8-24-2)22-14(12)15(16,17)18/h4,7,11H,5-6,8,19H2,1-3H3. The second-order valence-corrected chi connectivity index (χ2v) is 5.50. The zero-order valence-electron chi connectivity index (χ0n) is 14.2. The van der Waals surface area contributed by atoms with E-state index in [1.165, 1.54) is 25.1 Å². The predicted octanol–water partition coefficient (Wildman–Crippen LogP) is 1.79. The van der Waals surface area contributed by atoms with Crippen molar-refractivity contribution in [2.24, 2.45) is 5.73 Å². The van der Waals surface area contributed by atoms with E-state index in [4.69, 9.17) is 15.2 Å². The summed E-state index contributed by atoms with van der Waals surface area (Å²) in [5.41, 5.74) is 5.50. The van der Waals surface area contributed by atoms with Crippen LogP contribution < -0.4 is 5.73 Å². The maximum atomic E-state index is 13.4. The average molecular weight is 359 g/mol. The summed E-state index contributed by atoms with van der Waals surface area (Å²) in [6.07, 6.45) is -3.75. The molecule has 10 heteroatoms. The molecule has 0 saturated heterocycles. The van der Waals surface area contributed by atoms with Crippen LogP contribution in [0.1, 0.15) is 17.0 Å². The normalized spacial score (nSPS) is 13.2. The molecule has 0 bridgehead atoms. The van der Waals surface area contributed by atoms with Crippen molar-refractivity contribution in [3.8, 4) is 11.3 Å². The summed E-state index contributed by atoms with van der Waals surface area (Å²) in [7, 11) is 2.94. The molecule has 0 amide bonds. The van der Waals surface area contributed by atoms with Crippen LogP contribution in [0.2, 0.25) is 0 Å². The van der Waals surface area contributed by atoms with Gasteiger partial charge in [0, 0.05) is 27.0 Å². The van der Waals surface area contributed by atoms with Gasteiger partial charge in [0.15, 0.2) is 5.69 Å². The van der Waals surface area contributed by atoms with Gasteiger partial charge in [0.2, 0.25) is 0 Å². The zero-order valence-corrected chi connectivity index (χ0v) is 14.2. The van der Waals surface area contributed by atoms with Gasteiger partial charge in [-0.2, -0.15) is 23.4 Å². The molecule has 2 aromatic heterocycles. The number of rotatable bonds is 7. The van der Waals surface area contributed by atoms with Crippen molar-refractivity contribution >= 4 is 0 Å². The van der Waals surface area contributed by atoms with Crippen LogP contribution >= 0.6 is 0 Å². The molecule has 25 heavy (non-hydrogen) atoms. The minimum Gasteiger partial charge on any atom is -0.382 e. The number of nitrogens with two attached hydrogens (primary N) is 1. The lowest BCUT2D eigenvalue weighted by molar-refractivity contribution is -0.141. The number of alkyl halides is 3. The van der Waals surface area contributed by atoms with Crippen LogP contribution in [0.3, 0.4) is 0 Å². The molecule has 1 atom stereocenters. The Morgan fingerprint density at radius 3 is 2.52 bits per heavy atom. The second-order valence-electron chi connectivity index (χ2n) is 5.50. The summed E-state index contributed by atoms with van der Waals surface area (Å²) < 4.78 is 51.5. The first-order valence-electron chi connectivity index (χ1n) is 7.50. The van der Waals surface area contributed by atoms with Crippen LogP contribution in [0.4, 0.5) is 13.2 Å². The summed E-state index contributed by atoms with van der Waals surface area (Å²) in [5, 5.41) is 11.4. The fraction of sp³-hybridized carbons (Fsp3) is 0.533. The van der Waals surface area contributed by atoms with Gasteiger partial charge in [-0.3, -0.25) is 4.68 Å². The Bertz CT molecular complexity index is 718. The highest BCUT2D eigenvalue weighted by molar-refractivity contribution is 5.65. The number of methoxy groups -OCH3 is 2. The summed E-state index contributed by atoms with van der Waals surface area (Å²) in [6.45, 7) is 2.16. The molecule has 7 nitrogen and oxygen atoms in total. The molecule has 0 aliphatic carbocycles. The zero-order chi connectivity index (χ0) is 18.6. The number of aromatic nitrogens is 4. The molecular formula is C15H20F3N5O2. The van der Waals surface area contributed by atoms with Crippen LogP contribution in [-0.4, -0.2) is 46.9 Å². The van der Waals surface area contributed by atoms with Gasteiger partial charge >= 0.3 is 6.18 Å². The lowest BCUT2D eigenvalue weighted by Crippen LogP contribution is -2.24. The predicted molar refractivity (Wildman–Crippen MR) is 83.6 cm³/mol. The van der Waals surface area contributed by atoms with Gasteiger partial charge in [-0.1, -0.05) is 0 Å². The van der Waals surface area contributed by atoms with Crippen molar-refractivity contribution in [1.82, 2.24) is 20.0 Å². The molecule has 2 heterocycles. The monoisotopic (exact) mass is 359 g/mol. The average Bonchev–Trinajstić information content (AvgIpc) is 2.98. The smallest absolute Gasteiger partial charge is 0.382 e. The molecule has 2 aromatic rings. The van der Waals surface area contributed by atoms with Crippen LogP contribution in [-0.2, 0) is 28.7 Å². The van der Waals surface area contributed by atoms with Crippen LogP contribution in [0.5, 0.6) is 0 Å². The Kier molecular flexibility index (Phi) is 6.09. The van der Waals surface area contributed by atoms with Gasteiger partial charge in [-0.25, -0.2) is 0 Å². The third-order valence-corrected chi connectivity index (χ3v) is 3.61. The van der Waals surface area contributed by atoms with E-state index < -0.39 is 18.0 Å². The molecule has 0 spiro atoms. The van der Waals surface area contributed by atoms with Gasteiger partial charge in [0.1, 0.15) is 0 Å². The number of nitrogens with zero attached hydrogens (tertiary/aromatic N) is 4. The fourth-order valence-corrected chi connectivity index (χ4v) is 2.39. The highest BCUT2D eigenvalue weighted by Gasteiger charge is 2.38. The van der Waals surface area contributed by atoms with E-state index in [9.17, 15) is 13.2 Å². The minimum absolute atomic E-state index is 0.112. The van der Waals surface area contributed by atoms with E-state index in [0.717, 1.165) is 0 Å². The van der Waals surface area contributed by atoms with Crippen molar-refractivity contribution in [1.29, 1.82) is 0 Å². The van der Waals surface area contributed by atoms with Crippen LogP contribution in [0, 0.1) is 6.92 Å². The molecular weight excluding hydrogens is 339 g/mol. The van der Waals surface area contributed by atoms with Gasteiger partial charge in [0.05, 0.1) is 36.2 Å². The molecule has 138 valence electrons. The van der Waals surface area contributed by atoms with Gasteiger partial charge in [-0.05, 0) is 18.6 Å². The molecule has 2 rings (SSSR count). The Balaban J connectivity index is 2.46. The van der Waals surface area contributed by atoms with E-state index in [-0.39, 0.29) is 31.0 Å². The Morgan fingerprint density at radius 1 is 1.28 bits per heavy atom. The highest BCUT2D eigenvalue weighted by atomic mass is 19.4. The Labute approximate surface area is 142 Å². The van der Waals surface area contributed by atoms with Crippen molar-refractivity contribution in [2.75, 3.05) is 20.8 Å². The number of halogens is 3. The second kappa shape index (κ2) is 7.89. The third-order valence-electron chi connectivity index (χ3n) is 3.61. The quantitative estimate of drug-likeness (QED) is 0.811. The van der Waals surface area contributed by atoms with E-state index in [1.54, 1.807) is 13.0 Å². The molecule has 1 unspecified atom stereocenters. The Morgan fingerprint density at radius 2 is 2.00 bits per heavy atom. The third kappa shape index (κ3) is 4.53. The fourth-order valence-electron chi connectivity index (χ4n) is 2.39. The molecule has 0 saturated carbocycles. The molecule has 0 aromatic carbocycles. The summed E-state index contributed by atoms with van der Waals surface area (Å²) in [6, 6.07) is 1.61. The summed E-state index contributed by atoms with van der Waals surface area (Å²) in [5.74, 6) is 0. The van der Waals surface area contributed by atoms with E-state index >= 15 is 0 Å².